The quantitative estimate of drug-likeness (QED) is 0.442. The summed E-state index contributed by atoms with van der Waals surface area (Å²) in [5.74, 6) is 0. The molecule has 1 aliphatic rings. The molecule has 0 bridgehead atoms. The van der Waals surface area contributed by atoms with Gasteiger partial charge >= 0.3 is 0 Å². The molecule has 0 spiro atoms. The Morgan fingerprint density at radius 1 is 0.938 bits per heavy atom. The van der Waals surface area contributed by atoms with Crippen molar-refractivity contribution in [1.29, 1.82) is 0 Å². The average Bonchev–Trinajstić information content (AvgIpc) is 2.67. The lowest BCUT2D eigenvalue weighted by Gasteiger charge is -2.01. The van der Waals surface area contributed by atoms with Crippen molar-refractivity contribution in [3.8, 4) is 0 Å². The zero-order valence-electron chi connectivity index (χ0n) is 8.58. The van der Waals surface area contributed by atoms with Crippen LogP contribution in [0.2, 0.25) is 0 Å². The lowest BCUT2D eigenvalue weighted by Crippen LogP contribution is -2.05. The highest BCUT2D eigenvalue weighted by atomic mass is 16.1. The van der Waals surface area contributed by atoms with Gasteiger partial charge in [-0.1, -0.05) is 24.3 Å². The average molecular weight is 207 g/mol. The molecule has 0 fully saturated rings. The van der Waals surface area contributed by atoms with E-state index in [0.717, 1.165) is 22.7 Å². The van der Waals surface area contributed by atoms with Gasteiger partial charge in [0, 0.05) is 21.7 Å². The van der Waals surface area contributed by atoms with Crippen LogP contribution in [0.5, 0.6) is 0 Å². The van der Waals surface area contributed by atoms with E-state index in [0.29, 0.717) is 0 Å². The van der Waals surface area contributed by atoms with Gasteiger partial charge in [0.2, 0.25) is 0 Å². The topological polar surface area (TPSA) is 32.9 Å². The Bertz CT molecular complexity index is 799. The summed E-state index contributed by atoms with van der Waals surface area (Å²) in [6.45, 7) is 0. The van der Waals surface area contributed by atoms with Gasteiger partial charge in [0.1, 0.15) is 0 Å². The van der Waals surface area contributed by atoms with Gasteiger partial charge in [0.05, 0.1) is 0 Å². The molecule has 1 aromatic heterocycles. The molecule has 0 radical (unpaired) electrons. The minimum atomic E-state index is 0.0170. The van der Waals surface area contributed by atoms with Crippen LogP contribution >= 0.6 is 0 Å². The molecule has 1 N–H and O–H groups in total. The number of nitrogens with one attached hydrogen (secondary N) is 1. The standard InChI is InChI=1S/C14H9NO/c16-14-10-5-1-3-8-7-9-4-2-6-11(15-14)13(9)12(8)10/h1-6H,7H2,(H,15,16). The second-order valence-electron chi connectivity index (χ2n) is 4.31. The van der Waals surface area contributed by atoms with E-state index in [1.807, 2.05) is 24.3 Å². The van der Waals surface area contributed by atoms with E-state index >= 15 is 0 Å². The highest BCUT2D eigenvalue weighted by Crippen LogP contribution is 2.35. The van der Waals surface area contributed by atoms with Crippen molar-refractivity contribution < 1.29 is 0 Å². The van der Waals surface area contributed by atoms with Crippen LogP contribution in [-0.4, -0.2) is 4.98 Å². The van der Waals surface area contributed by atoms with E-state index < -0.39 is 0 Å². The van der Waals surface area contributed by atoms with Crippen LogP contribution < -0.4 is 5.56 Å². The highest BCUT2D eigenvalue weighted by molar-refractivity contribution is 6.11. The monoisotopic (exact) mass is 207 g/mol. The SMILES string of the molecule is O=c1[nH]c2cccc3c2c2c(cccc12)C3. The number of hydrogen-bond donors (Lipinski definition) is 1. The number of aromatic nitrogens is 1. The normalized spacial score (nSPS) is 13.0. The van der Waals surface area contributed by atoms with Gasteiger partial charge in [-0.3, -0.25) is 4.79 Å². The second kappa shape index (κ2) is 2.53. The summed E-state index contributed by atoms with van der Waals surface area (Å²) in [7, 11) is 0. The van der Waals surface area contributed by atoms with Crippen LogP contribution in [0.15, 0.2) is 41.2 Å². The number of rotatable bonds is 0. The third-order valence-corrected chi connectivity index (χ3v) is 3.43. The molecule has 16 heavy (non-hydrogen) atoms. The largest absolute Gasteiger partial charge is 0.321 e. The van der Waals surface area contributed by atoms with E-state index in [2.05, 4.69) is 17.1 Å². The van der Waals surface area contributed by atoms with Crippen molar-refractivity contribution >= 4 is 21.7 Å². The van der Waals surface area contributed by atoms with Crippen LogP contribution in [0, 0.1) is 0 Å². The predicted octanol–water partition coefficient (Wildman–Crippen LogP) is 2.59. The lowest BCUT2D eigenvalue weighted by atomic mass is 10.1. The van der Waals surface area contributed by atoms with Gasteiger partial charge in [0.25, 0.3) is 5.56 Å². The molecule has 0 saturated carbocycles. The fraction of sp³-hybridized carbons (Fsp3) is 0.0714. The third-order valence-electron chi connectivity index (χ3n) is 3.43. The van der Waals surface area contributed by atoms with E-state index in [1.54, 1.807) is 0 Å². The first kappa shape index (κ1) is 8.11. The third kappa shape index (κ3) is 0.807. The Balaban J connectivity index is 2.48. The summed E-state index contributed by atoms with van der Waals surface area (Å²) in [4.78, 5) is 14.9. The highest BCUT2D eigenvalue weighted by Gasteiger charge is 2.18. The van der Waals surface area contributed by atoms with Gasteiger partial charge in [-0.05, 0) is 29.7 Å². The van der Waals surface area contributed by atoms with Crippen LogP contribution in [0.3, 0.4) is 0 Å². The molecule has 0 saturated heterocycles. The molecule has 1 aliphatic carbocycles. The maximum Gasteiger partial charge on any atom is 0.256 e. The van der Waals surface area contributed by atoms with Gasteiger partial charge in [0.15, 0.2) is 0 Å². The van der Waals surface area contributed by atoms with Crippen molar-refractivity contribution in [3.05, 3.63) is 57.9 Å². The summed E-state index contributed by atoms with van der Waals surface area (Å²) in [6, 6.07) is 12.1. The van der Waals surface area contributed by atoms with Crippen molar-refractivity contribution in [2.45, 2.75) is 6.42 Å². The van der Waals surface area contributed by atoms with Gasteiger partial charge < -0.3 is 4.98 Å². The molecule has 0 atom stereocenters. The number of benzene rings is 2. The first-order valence-electron chi connectivity index (χ1n) is 5.40. The maximum atomic E-state index is 11.9. The molecule has 76 valence electrons. The molecule has 1 heterocycles. The first-order chi connectivity index (χ1) is 7.84. The van der Waals surface area contributed by atoms with E-state index in [4.69, 9.17) is 0 Å². The summed E-state index contributed by atoms with van der Waals surface area (Å²) in [5.41, 5.74) is 3.57. The smallest absolute Gasteiger partial charge is 0.256 e. The van der Waals surface area contributed by atoms with Crippen LogP contribution in [-0.2, 0) is 6.42 Å². The number of aromatic amines is 1. The molecule has 0 amide bonds. The summed E-state index contributed by atoms with van der Waals surface area (Å²) in [5, 5.41) is 3.19. The van der Waals surface area contributed by atoms with Crippen molar-refractivity contribution in [2.24, 2.45) is 0 Å². The Morgan fingerprint density at radius 2 is 1.69 bits per heavy atom. The molecule has 2 aromatic carbocycles. The van der Waals surface area contributed by atoms with E-state index in [-0.39, 0.29) is 5.56 Å². The zero-order valence-corrected chi connectivity index (χ0v) is 8.58. The fourth-order valence-electron chi connectivity index (χ4n) is 2.77. The van der Waals surface area contributed by atoms with Crippen molar-refractivity contribution in [2.75, 3.05) is 0 Å². The van der Waals surface area contributed by atoms with Crippen LogP contribution in [0.1, 0.15) is 11.1 Å². The maximum absolute atomic E-state index is 11.9. The minimum absolute atomic E-state index is 0.0170. The molecular weight excluding hydrogens is 198 g/mol. The molecule has 2 heteroatoms. The van der Waals surface area contributed by atoms with Gasteiger partial charge in [-0.15, -0.1) is 0 Å². The van der Waals surface area contributed by atoms with Gasteiger partial charge in [-0.25, -0.2) is 0 Å². The Morgan fingerprint density at radius 3 is 2.56 bits per heavy atom. The minimum Gasteiger partial charge on any atom is -0.321 e. The number of pyridine rings is 1. The molecule has 0 unspecified atom stereocenters. The molecule has 4 rings (SSSR count). The summed E-state index contributed by atoms with van der Waals surface area (Å²) < 4.78 is 0. The predicted molar refractivity (Wildman–Crippen MR) is 64.9 cm³/mol. The first-order valence-corrected chi connectivity index (χ1v) is 5.40. The fourth-order valence-corrected chi connectivity index (χ4v) is 2.77. The number of hydrogen-bond acceptors (Lipinski definition) is 1. The molecule has 0 aliphatic heterocycles. The van der Waals surface area contributed by atoms with Crippen molar-refractivity contribution in [3.63, 3.8) is 0 Å². The van der Waals surface area contributed by atoms with Crippen molar-refractivity contribution in [1.82, 2.24) is 4.98 Å². The Hall–Kier alpha value is -2.09. The molecule has 2 nitrogen and oxygen atoms in total. The lowest BCUT2D eigenvalue weighted by molar-refractivity contribution is 1.27. The van der Waals surface area contributed by atoms with Gasteiger partial charge in [-0.2, -0.15) is 0 Å². The zero-order chi connectivity index (χ0) is 10.7. The Kier molecular flexibility index (Phi) is 1.28. The van der Waals surface area contributed by atoms with E-state index in [1.165, 1.54) is 16.5 Å². The van der Waals surface area contributed by atoms with E-state index in [9.17, 15) is 4.79 Å². The van der Waals surface area contributed by atoms with Crippen LogP contribution in [0.25, 0.3) is 21.7 Å². The molecule has 3 aromatic rings. The summed E-state index contributed by atoms with van der Waals surface area (Å²) in [6.07, 6.45) is 0.946. The number of H-pyrrole nitrogens is 1. The second-order valence-corrected chi connectivity index (χ2v) is 4.31. The Labute approximate surface area is 91.5 Å². The molecular formula is C14H9NO. The van der Waals surface area contributed by atoms with Crippen LogP contribution in [0.4, 0.5) is 0 Å². The summed E-state index contributed by atoms with van der Waals surface area (Å²) >= 11 is 0.